The Morgan fingerprint density at radius 1 is 1.19 bits per heavy atom. The van der Waals surface area contributed by atoms with Gasteiger partial charge in [0.2, 0.25) is 11.8 Å². The van der Waals surface area contributed by atoms with Crippen molar-refractivity contribution < 1.29 is 23.0 Å². The van der Waals surface area contributed by atoms with Gasteiger partial charge in [0.25, 0.3) is 0 Å². The molecule has 2 bridgehead atoms. The van der Waals surface area contributed by atoms with Crippen molar-refractivity contribution in [2.45, 2.75) is 57.5 Å². The third kappa shape index (κ3) is 4.75. The fraction of sp³-hybridized carbons (Fsp3) is 0.565. The van der Waals surface area contributed by atoms with Gasteiger partial charge in [0, 0.05) is 36.8 Å². The van der Waals surface area contributed by atoms with Crippen molar-refractivity contribution >= 4 is 28.9 Å². The summed E-state index contributed by atoms with van der Waals surface area (Å²) < 4.78 is 45.8. The molecular formula is C23H27ClF3N7O2. The van der Waals surface area contributed by atoms with Crippen LogP contribution in [0.2, 0.25) is 5.15 Å². The molecule has 0 amide bonds. The molecule has 36 heavy (non-hydrogen) atoms. The molecule has 1 saturated carbocycles. The van der Waals surface area contributed by atoms with Crippen LogP contribution in [0.3, 0.4) is 0 Å². The number of aliphatic hydroxyl groups is 1. The van der Waals surface area contributed by atoms with E-state index < -0.39 is 17.9 Å². The number of aromatic nitrogens is 5. The molecule has 3 aromatic heterocycles. The zero-order valence-electron chi connectivity index (χ0n) is 20.0. The summed E-state index contributed by atoms with van der Waals surface area (Å²) in [4.78, 5) is 6.80. The second kappa shape index (κ2) is 8.91. The van der Waals surface area contributed by atoms with E-state index in [0.717, 1.165) is 38.5 Å². The summed E-state index contributed by atoms with van der Waals surface area (Å²) in [5.74, 6) is 0.775. The Balaban J connectivity index is 1.42. The second-order valence-corrected chi connectivity index (χ2v) is 10.4. The molecule has 9 nitrogen and oxygen atoms in total. The highest BCUT2D eigenvalue weighted by molar-refractivity contribution is 6.29. The van der Waals surface area contributed by atoms with Gasteiger partial charge in [-0.15, -0.1) is 10.2 Å². The number of halogens is 4. The lowest BCUT2D eigenvalue weighted by Gasteiger charge is -2.39. The van der Waals surface area contributed by atoms with Gasteiger partial charge < -0.3 is 20.1 Å². The fourth-order valence-corrected chi connectivity index (χ4v) is 5.29. The maximum Gasteiger partial charge on any atom is 0.425 e. The number of piperidine rings is 1. The Hall–Kier alpha value is -2.86. The Morgan fingerprint density at radius 3 is 2.50 bits per heavy atom. The Bertz CT molecular complexity index is 1250. The summed E-state index contributed by atoms with van der Waals surface area (Å²) in [7, 11) is 0. The third-order valence-corrected chi connectivity index (χ3v) is 7.16. The lowest BCUT2D eigenvalue weighted by atomic mass is 9.92. The standard InChI is InChI=1S/C23H27ClF3N7O2/c1-12(23(25,26)27)36-18-7-6-16(22(2,3)35)20-30-21(32-34(18)20)29-19-13-4-5-14(19)11-33(10-13)15-8-17(24)31-28-9-15/h6-9,12-14,19,35H,4-5,10-11H2,1-3H3,(H,29,32)/t12-,13+,14?,19+/m0/s1. The molecule has 4 atom stereocenters. The van der Waals surface area contributed by atoms with E-state index >= 15 is 0 Å². The first-order chi connectivity index (χ1) is 16.9. The fourth-order valence-electron chi connectivity index (χ4n) is 5.14. The molecular weight excluding hydrogens is 499 g/mol. The summed E-state index contributed by atoms with van der Waals surface area (Å²) >= 11 is 6.02. The normalized spacial score (nSPS) is 23.2. The molecule has 2 N–H and O–H groups in total. The summed E-state index contributed by atoms with van der Waals surface area (Å²) in [6, 6.07) is 4.78. The Kier molecular flexibility index (Phi) is 6.14. The lowest BCUT2D eigenvalue weighted by molar-refractivity contribution is -0.190. The maximum atomic E-state index is 13.1. The van der Waals surface area contributed by atoms with E-state index in [9.17, 15) is 18.3 Å². The van der Waals surface area contributed by atoms with Gasteiger partial charge in [0.1, 0.15) is 0 Å². The first kappa shape index (κ1) is 24.8. The van der Waals surface area contributed by atoms with E-state index in [1.54, 1.807) is 26.1 Å². The van der Waals surface area contributed by atoms with Crippen molar-refractivity contribution in [2.24, 2.45) is 11.8 Å². The molecule has 4 heterocycles. The number of nitrogens with zero attached hydrogens (tertiary/aromatic N) is 6. The summed E-state index contributed by atoms with van der Waals surface area (Å²) in [6.07, 6.45) is -2.84. The van der Waals surface area contributed by atoms with Gasteiger partial charge in [-0.1, -0.05) is 11.6 Å². The van der Waals surface area contributed by atoms with E-state index in [1.807, 2.05) is 0 Å². The van der Waals surface area contributed by atoms with Crippen LogP contribution < -0.4 is 15.0 Å². The average molecular weight is 526 g/mol. The van der Waals surface area contributed by atoms with Gasteiger partial charge >= 0.3 is 6.18 Å². The summed E-state index contributed by atoms with van der Waals surface area (Å²) in [6.45, 7) is 5.67. The van der Waals surface area contributed by atoms with Crippen LogP contribution >= 0.6 is 11.6 Å². The third-order valence-electron chi connectivity index (χ3n) is 6.97. The second-order valence-electron chi connectivity index (χ2n) is 10.0. The van der Waals surface area contributed by atoms with Crippen LogP contribution in [-0.2, 0) is 5.60 Å². The van der Waals surface area contributed by atoms with Crippen molar-refractivity contribution in [3.05, 3.63) is 35.1 Å². The van der Waals surface area contributed by atoms with Crippen LogP contribution in [0.4, 0.5) is 24.8 Å². The van der Waals surface area contributed by atoms with Crippen LogP contribution in [0.1, 0.15) is 39.2 Å². The number of nitrogens with one attached hydrogen (secondary N) is 1. The van der Waals surface area contributed by atoms with Gasteiger partial charge in [0.15, 0.2) is 16.9 Å². The van der Waals surface area contributed by atoms with E-state index in [1.165, 1.54) is 16.6 Å². The molecule has 0 aromatic carbocycles. The molecule has 194 valence electrons. The smallest absolute Gasteiger partial charge is 0.425 e. The maximum absolute atomic E-state index is 13.1. The zero-order valence-corrected chi connectivity index (χ0v) is 20.8. The van der Waals surface area contributed by atoms with Crippen molar-refractivity contribution in [3.8, 4) is 5.88 Å². The molecule has 0 spiro atoms. The number of alkyl halides is 3. The molecule has 2 aliphatic rings. The number of fused-ring (bicyclic) bond motifs is 3. The summed E-state index contributed by atoms with van der Waals surface area (Å²) in [5, 5.41) is 26.6. The van der Waals surface area contributed by atoms with Crippen LogP contribution in [0.15, 0.2) is 24.4 Å². The first-order valence-electron chi connectivity index (χ1n) is 11.8. The predicted octanol–water partition coefficient (Wildman–Crippen LogP) is 4.06. The number of hydrogen-bond donors (Lipinski definition) is 2. The quantitative estimate of drug-likeness (QED) is 0.497. The van der Waals surface area contributed by atoms with Crippen LogP contribution in [0.5, 0.6) is 5.88 Å². The van der Waals surface area contributed by atoms with Crippen LogP contribution in [-0.4, -0.2) is 61.3 Å². The monoisotopic (exact) mass is 525 g/mol. The molecule has 1 unspecified atom stereocenters. The molecule has 1 aliphatic carbocycles. The Morgan fingerprint density at radius 2 is 1.89 bits per heavy atom. The molecule has 13 heteroatoms. The molecule has 1 saturated heterocycles. The van der Waals surface area contributed by atoms with Gasteiger partial charge in [-0.2, -0.15) is 27.8 Å². The minimum absolute atomic E-state index is 0.0907. The number of hydrogen-bond acceptors (Lipinski definition) is 8. The lowest BCUT2D eigenvalue weighted by Crippen LogP contribution is -2.48. The first-order valence-corrected chi connectivity index (χ1v) is 12.1. The zero-order chi connectivity index (χ0) is 25.8. The number of anilines is 2. The molecule has 0 radical (unpaired) electrons. The SMILES string of the molecule is C[C@H](Oc1ccc(C(C)(C)O)c2nc(N[C@H]3C4CC[C@@H]3CN(c3cnnc(Cl)c3)C4)nn12)C(F)(F)F. The minimum Gasteiger partial charge on any atom is -0.465 e. The van der Waals surface area contributed by atoms with Crippen molar-refractivity contribution in [3.63, 3.8) is 0 Å². The topological polar surface area (TPSA) is 101 Å². The van der Waals surface area contributed by atoms with Gasteiger partial charge in [-0.05, 0) is 51.5 Å². The van der Waals surface area contributed by atoms with Crippen LogP contribution in [0.25, 0.3) is 5.65 Å². The van der Waals surface area contributed by atoms with Crippen LogP contribution in [0, 0.1) is 11.8 Å². The van der Waals surface area contributed by atoms with Crippen molar-refractivity contribution in [1.29, 1.82) is 0 Å². The molecule has 5 rings (SSSR count). The average Bonchev–Trinajstić information content (AvgIpc) is 3.29. The highest BCUT2D eigenvalue weighted by Crippen LogP contribution is 2.40. The Labute approximate surface area is 210 Å². The van der Waals surface area contributed by atoms with E-state index in [4.69, 9.17) is 16.3 Å². The highest BCUT2D eigenvalue weighted by Gasteiger charge is 2.43. The van der Waals surface area contributed by atoms with E-state index in [-0.39, 0.29) is 23.5 Å². The van der Waals surface area contributed by atoms with Gasteiger partial charge in [-0.25, -0.2) is 0 Å². The highest BCUT2D eigenvalue weighted by atomic mass is 35.5. The number of pyridine rings is 1. The van der Waals surface area contributed by atoms with Crippen molar-refractivity contribution in [1.82, 2.24) is 24.8 Å². The largest absolute Gasteiger partial charge is 0.465 e. The molecule has 2 fully saturated rings. The predicted molar refractivity (Wildman–Crippen MR) is 127 cm³/mol. The van der Waals surface area contributed by atoms with E-state index in [0.29, 0.717) is 22.6 Å². The molecule has 3 aromatic rings. The minimum atomic E-state index is -4.54. The van der Waals surface area contributed by atoms with Gasteiger partial charge in [0.05, 0.1) is 17.5 Å². The van der Waals surface area contributed by atoms with Gasteiger partial charge in [-0.3, -0.25) is 0 Å². The van der Waals surface area contributed by atoms with Crippen molar-refractivity contribution in [2.75, 3.05) is 23.3 Å². The number of rotatable bonds is 6. The molecule has 1 aliphatic heterocycles. The van der Waals surface area contributed by atoms with E-state index in [2.05, 4.69) is 30.5 Å². The summed E-state index contributed by atoms with van der Waals surface area (Å²) in [5.41, 5.74) is 0.296. The number of ether oxygens (including phenoxy) is 1.